The highest BCUT2D eigenvalue weighted by molar-refractivity contribution is 9.11. The molecule has 1 aromatic rings. The van der Waals surface area contributed by atoms with Crippen molar-refractivity contribution in [2.75, 3.05) is 0 Å². The van der Waals surface area contributed by atoms with Crippen LogP contribution in [0.2, 0.25) is 0 Å². The molecular formula is C8H10BrNO2S. The lowest BCUT2D eigenvalue weighted by molar-refractivity contribution is -0.137. The van der Waals surface area contributed by atoms with Crippen molar-refractivity contribution in [2.24, 2.45) is 5.73 Å². The van der Waals surface area contributed by atoms with E-state index in [4.69, 9.17) is 10.8 Å². The van der Waals surface area contributed by atoms with E-state index in [1.165, 1.54) is 0 Å². The predicted molar refractivity (Wildman–Crippen MR) is 55.8 cm³/mol. The van der Waals surface area contributed by atoms with Gasteiger partial charge in [0.15, 0.2) is 0 Å². The zero-order valence-electron chi connectivity index (χ0n) is 6.87. The van der Waals surface area contributed by atoms with Gasteiger partial charge in [0.05, 0.1) is 3.79 Å². The highest BCUT2D eigenvalue weighted by Gasteiger charge is 2.09. The molecule has 3 nitrogen and oxygen atoms in total. The summed E-state index contributed by atoms with van der Waals surface area (Å²) >= 11 is 4.88. The zero-order chi connectivity index (χ0) is 9.84. The second-order valence-corrected chi connectivity index (χ2v) is 5.01. The molecule has 5 heteroatoms. The molecule has 0 aliphatic rings. The summed E-state index contributed by atoms with van der Waals surface area (Å²) in [5, 5.41) is 10.4. The van der Waals surface area contributed by atoms with Gasteiger partial charge in [-0.15, -0.1) is 11.3 Å². The summed E-state index contributed by atoms with van der Waals surface area (Å²) in [4.78, 5) is 10.3. The number of halogens is 1. The lowest BCUT2D eigenvalue weighted by Gasteiger charge is -2.06. The molecule has 0 saturated heterocycles. The first-order valence-electron chi connectivity index (χ1n) is 3.81. The summed E-state index contributed by atoms with van der Waals surface area (Å²) in [5.74, 6) is -0.801. The monoisotopic (exact) mass is 263 g/mol. The molecule has 72 valence electrons. The largest absolute Gasteiger partial charge is 0.481 e. The molecule has 1 rings (SSSR count). The van der Waals surface area contributed by atoms with Gasteiger partial charge in [-0.3, -0.25) is 4.79 Å². The van der Waals surface area contributed by atoms with Crippen LogP contribution in [0.3, 0.4) is 0 Å². The Hall–Kier alpha value is -0.390. The standard InChI is InChI=1S/C8H10BrNO2S/c9-7-3-5(4-13-7)6(10)1-2-8(11)12/h3-4,6H,1-2,10H2,(H,11,12). The van der Waals surface area contributed by atoms with Gasteiger partial charge in [0.25, 0.3) is 0 Å². The zero-order valence-corrected chi connectivity index (χ0v) is 9.27. The van der Waals surface area contributed by atoms with E-state index in [0.29, 0.717) is 6.42 Å². The van der Waals surface area contributed by atoms with Gasteiger partial charge in [0.1, 0.15) is 0 Å². The predicted octanol–water partition coefficient (Wildman–Crippen LogP) is 2.38. The minimum atomic E-state index is -0.801. The number of hydrogen-bond acceptors (Lipinski definition) is 3. The molecule has 1 unspecified atom stereocenters. The molecule has 0 spiro atoms. The smallest absolute Gasteiger partial charge is 0.303 e. The second kappa shape index (κ2) is 4.74. The average Bonchev–Trinajstić information content (AvgIpc) is 2.47. The summed E-state index contributed by atoms with van der Waals surface area (Å²) in [6, 6.07) is 1.76. The fraction of sp³-hybridized carbons (Fsp3) is 0.375. The summed E-state index contributed by atoms with van der Waals surface area (Å²) in [6.45, 7) is 0. The van der Waals surface area contributed by atoms with Crippen LogP contribution in [0, 0.1) is 0 Å². The van der Waals surface area contributed by atoms with Crippen LogP contribution in [-0.2, 0) is 4.79 Å². The van der Waals surface area contributed by atoms with E-state index in [9.17, 15) is 4.79 Å². The molecule has 0 amide bonds. The highest BCUT2D eigenvalue weighted by atomic mass is 79.9. The molecule has 1 aromatic heterocycles. The first kappa shape index (κ1) is 10.7. The molecule has 0 fully saturated rings. The Kier molecular flexibility index (Phi) is 3.90. The van der Waals surface area contributed by atoms with Crippen molar-refractivity contribution in [1.29, 1.82) is 0 Å². The van der Waals surface area contributed by atoms with Crippen molar-refractivity contribution in [3.63, 3.8) is 0 Å². The number of carbonyl (C=O) groups is 1. The van der Waals surface area contributed by atoms with Crippen LogP contribution in [0.15, 0.2) is 15.2 Å². The Morgan fingerprint density at radius 3 is 2.92 bits per heavy atom. The highest BCUT2D eigenvalue weighted by Crippen LogP contribution is 2.26. The van der Waals surface area contributed by atoms with Crippen molar-refractivity contribution >= 4 is 33.2 Å². The maximum absolute atomic E-state index is 10.3. The lowest BCUT2D eigenvalue weighted by atomic mass is 10.1. The molecule has 1 atom stereocenters. The molecule has 13 heavy (non-hydrogen) atoms. The number of hydrogen-bond donors (Lipinski definition) is 2. The van der Waals surface area contributed by atoms with E-state index in [-0.39, 0.29) is 12.5 Å². The fourth-order valence-corrected chi connectivity index (χ4v) is 2.20. The molecule has 1 heterocycles. The number of carboxylic acids is 1. The van der Waals surface area contributed by atoms with Crippen molar-refractivity contribution in [3.05, 3.63) is 20.8 Å². The normalized spacial score (nSPS) is 12.8. The number of thiophene rings is 1. The summed E-state index contributed by atoms with van der Waals surface area (Å²) in [7, 11) is 0. The minimum Gasteiger partial charge on any atom is -0.481 e. The van der Waals surface area contributed by atoms with Gasteiger partial charge in [-0.25, -0.2) is 0 Å². The van der Waals surface area contributed by atoms with Gasteiger partial charge in [0.2, 0.25) is 0 Å². The molecular weight excluding hydrogens is 254 g/mol. The van der Waals surface area contributed by atoms with Crippen LogP contribution in [0.1, 0.15) is 24.4 Å². The van der Waals surface area contributed by atoms with Crippen molar-refractivity contribution in [2.45, 2.75) is 18.9 Å². The van der Waals surface area contributed by atoms with Crippen LogP contribution in [0.4, 0.5) is 0 Å². The van der Waals surface area contributed by atoms with Crippen molar-refractivity contribution < 1.29 is 9.90 Å². The Labute approximate surface area is 88.7 Å². The SMILES string of the molecule is NC(CCC(=O)O)c1csc(Br)c1. The van der Waals surface area contributed by atoms with Gasteiger partial charge in [-0.05, 0) is 39.4 Å². The van der Waals surface area contributed by atoms with Crippen molar-refractivity contribution in [3.8, 4) is 0 Å². The number of rotatable bonds is 4. The van der Waals surface area contributed by atoms with E-state index in [1.54, 1.807) is 11.3 Å². The topological polar surface area (TPSA) is 63.3 Å². The minimum absolute atomic E-state index is 0.120. The number of carboxylic acid groups (broad SMARTS) is 1. The van der Waals surface area contributed by atoms with Gasteiger partial charge in [-0.2, -0.15) is 0 Å². The Morgan fingerprint density at radius 1 is 1.77 bits per heavy atom. The van der Waals surface area contributed by atoms with E-state index in [2.05, 4.69) is 15.9 Å². The first-order chi connectivity index (χ1) is 6.09. The third-order valence-corrected chi connectivity index (χ3v) is 3.21. The molecule has 0 aliphatic heterocycles. The molecule has 3 N–H and O–H groups in total. The van der Waals surface area contributed by atoms with Gasteiger partial charge < -0.3 is 10.8 Å². The fourth-order valence-electron chi connectivity index (χ4n) is 0.963. The molecule has 0 bridgehead atoms. The maximum atomic E-state index is 10.3. The first-order valence-corrected chi connectivity index (χ1v) is 5.48. The van der Waals surface area contributed by atoms with Gasteiger partial charge in [-0.1, -0.05) is 0 Å². The maximum Gasteiger partial charge on any atom is 0.303 e. The quantitative estimate of drug-likeness (QED) is 0.877. The summed E-state index contributed by atoms with van der Waals surface area (Å²) < 4.78 is 1.02. The Balaban J connectivity index is 2.48. The van der Waals surface area contributed by atoms with Crippen LogP contribution >= 0.6 is 27.3 Å². The molecule has 0 saturated carbocycles. The van der Waals surface area contributed by atoms with Crippen LogP contribution in [0.5, 0.6) is 0 Å². The van der Waals surface area contributed by atoms with E-state index >= 15 is 0 Å². The number of nitrogens with two attached hydrogens (primary N) is 1. The molecule has 0 aromatic carbocycles. The Morgan fingerprint density at radius 2 is 2.46 bits per heavy atom. The number of aliphatic carboxylic acids is 1. The van der Waals surface area contributed by atoms with E-state index in [0.717, 1.165) is 9.35 Å². The third-order valence-electron chi connectivity index (χ3n) is 1.69. The van der Waals surface area contributed by atoms with Gasteiger partial charge in [0, 0.05) is 12.5 Å². The van der Waals surface area contributed by atoms with E-state index in [1.807, 2.05) is 11.4 Å². The summed E-state index contributed by atoms with van der Waals surface area (Å²) in [5.41, 5.74) is 6.78. The summed E-state index contributed by atoms with van der Waals surface area (Å²) in [6.07, 6.45) is 0.604. The van der Waals surface area contributed by atoms with Crippen LogP contribution in [-0.4, -0.2) is 11.1 Å². The van der Waals surface area contributed by atoms with E-state index < -0.39 is 5.97 Å². The molecule has 0 radical (unpaired) electrons. The average molecular weight is 264 g/mol. The van der Waals surface area contributed by atoms with Crippen molar-refractivity contribution in [1.82, 2.24) is 0 Å². The third kappa shape index (κ3) is 3.46. The molecule has 0 aliphatic carbocycles. The second-order valence-electron chi connectivity index (χ2n) is 2.72. The van der Waals surface area contributed by atoms with Crippen LogP contribution < -0.4 is 5.73 Å². The van der Waals surface area contributed by atoms with Gasteiger partial charge >= 0.3 is 5.97 Å². The Bertz CT molecular complexity index is 300. The van der Waals surface area contributed by atoms with Crippen LogP contribution in [0.25, 0.3) is 0 Å². The lowest BCUT2D eigenvalue weighted by Crippen LogP contribution is -2.11.